The molecule has 1 amide bonds. The van der Waals surface area contributed by atoms with E-state index in [1.54, 1.807) is 18.2 Å². The first-order chi connectivity index (χ1) is 7.95. The van der Waals surface area contributed by atoms with Crippen LogP contribution >= 0.6 is 0 Å². The molecule has 0 aromatic heterocycles. The fraction of sp³-hybridized carbons (Fsp3) is 0.462. The summed E-state index contributed by atoms with van der Waals surface area (Å²) in [5.74, 6) is -0.145. The Morgan fingerprint density at radius 1 is 1.47 bits per heavy atom. The number of aryl methyl sites for hydroxylation is 1. The van der Waals surface area contributed by atoms with Gasteiger partial charge in [-0.2, -0.15) is 0 Å². The number of phenols is 1. The van der Waals surface area contributed by atoms with Crippen molar-refractivity contribution in [1.82, 2.24) is 0 Å². The lowest BCUT2D eigenvalue weighted by atomic mass is 9.95. The number of rotatable bonds is 4. The fourth-order valence-electron chi connectivity index (χ4n) is 1.66. The highest BCUT2D eigenvalue weighted by atomic mass is 16.3. The summed E-state index contributed by atoms with van der Waals surface area (Å²) in [4.78, 5) is 11.9. The number of phenolic OH excluding ortho intramolecular Hbond substituents is 1. The number of benzene rings is 1. The van der Waals surface area contributed by atoms with Crippen LogP contribution in [0.25, 0.3) is 0 Å². The van der Waals surface area contributed by atoms with Crippen LogP contribution in [0.3, 0.4) is 0 Å². The molecule has 4 N–H and O–H groups in total. The van der Waals surface area contributed by atoms with Gasteiger partial charge in [-0.15, -0.1) is 0 Å². The molecule has 1 aromatic rings. The molecule has 0 saturated heterocycles. The van der Waals surface area contributed by atoms with Crippen LogP contribution in [0.4, 0.5) is 5.69 Å². The lowest BCUT2D eigenvalue weighted by Gasteiger charge is -2.18. The summed E-state index contributed by atoms with van der Waals surface area (Å²) in [6.45, 7) is 6.11. The molecule has 0 aliphatic rings. The molecule has 1 aromatic carbocycles. The number of nitrogens with two attached hydrogens (primary N) is 1. The molecule has 17 heavy (non-hydrogen) atoms. The molecular formula is C13H20N2O2. The quantitative estimate of drug-likeness (QED) is 0.698. The summed E-state index contributed by atoms with van der Waals surface area (Å²) < 4.78 is 0. The first kappa shape index (κ1) is 13.5. The molecule has 4 heteroatoms. The monoisotopic (exact) mass is 236 g/mol. The minimum atomic E-state index is -0.241. The third-order valence-corrected chi connectivity index (χ3v) is 2.81. The van der Waals surface area contributed by atoms with Crippen molar-refractivity contribution in [3.63, 3.8) is 0 Å². The van der Waals surface area contributed by atoms with Crippen molar-refractivity contribution in [3.8, 4) is 5.75 Å². The van der Waals surface area contributed by atoms with E-state index in [1.165, 1.54) is 0 Å². The van der Waals surface area contributed by atoms with E-state index < -0.39 is 0 Å². The Hall–Kier alpha value is -1.55. The highest BCUT2D eigenvalue weighted by molar-refractivity contribution is 5.94. The van der Waals surface area contributed by atoms with E-state index in [0.717, 1.165) is 5.56 Å². The number of hydrogen-bond donors (Lipinski definition) is 3. The normalized spacial score (nSPS) is 12.5. The molecule has 0 aliphatic heterocycles. The minimum Gasteiger partial charge on any atom is -0.506 e. The summed E-state index contributed by atoms with van der Waals surface area (Å²) in [7, 11) is 0. The van der Waals surface area contributed by atoms with Gasteiger partial charge in [0.15, 0.2) is 0 Å². The predicted molar refractivity (Wildman–Crippen MR) is 68.9 cm³/mol. The summed E-state index contributed by atoms with van der Waals surface area (Å²) in [6.07, 6.45) is 0. The number of anilines is 1. The van der Waals surface area contributed by atoms with Gasteiger partial charge in [-0.1, -0.05) is 19.9 Å². The standard InChI is InChI=1S/C13H20N2O2/c1-8(2)10(7-14)13(17)15-11-6-9(3)4-5-12(11)16/h4-6,8,10,16H,7,14H2,1-3H3,(H,15,17). The molecule has 1 unspecified atom stereocenters. The maximum Gasteiger partial charge on any atom is 0.229 e. The Balaban J connectivity index is 2.83. The van der Waals surface area contributed by atoms with E-state index in [9.17, 15) is 9.90 Å². The van der Waals surface area contributed by atoms with Gasteiger partial charge in [0.05, 0.1) is 11.6 Å². The molecule has 0 saturated carbocycles. The maximum atomic E-state index is 11.9. The zero-order chi connectivity index (χ0) is 13.0. The van der Waals surface area contributed by atoms with Crippen molar-refractivity contribution in [2.75, 3.05) is 11.9 Å². The van der Waals surface area contributed by atoms with E-state index in [4.69, 9.17) is 5.73 Å². The Labute approximate surface area is 102 Å². The van der Waals surface area contributed by atoms with Crippen molar-refractivity contribution < 1.29 is 9.90 Å². The van der Waals surface area contributed by atoms with Gasteiger partial charge in [-0.3, -0.25) is 4.79 Å². The van der Waals surface area contributed by atoms with Crippen LogP contribution in [0.1, 0.15) is 19.4 Å². The highest BCUT2D eigenvalue weighted by Crippen LogP contribution is 2.25. The number of carbonyl (C=O) groups excluding carboxylic acids is 1. The van der Waals surface area contributed by atoms with Crippen LogP contribution in [0, 0.1) is 18.8 Å². The summed E-state index contributed by atoms with van der Waals surface area (Å²) >= 11 is 0. The van der Waals surface area contributed by atoms with Gasteiger partial charge in [0.1, 0.15) is 5.75 Å². The van der Waals surface area contributed by atoms with Crippen molar-refractivity contribution >= 4 is 11.6 Å². The number of aromatic hydroxyl groups is 1. The van der Waals surface area contributed by atoms with E-state index in [1.807, 2.05) is 20.8 Å². The van der Waals surface area contributed by atoms with Gasteiger partial charge in [-0.05, 0) is 30.5 Å². The third kappa shape index (κ3) is 3.46. The van der Waals surface area contributed by atoms with Crippen molar-refractivity contribution in [2.24, 2.45) is 17.6 Å². The summed E-state index contributed by atoms with van der Waals surface area (Å²) in [6, 6.07) is 5.09. The molecule has 0 heterocycles. The van der Waals surface area contributed by atoms with E-state index in [2.05, 4.69) is 5.32 Å². The Morgan fingerprint density at radius 3 is 2.65 bits per heavy atom. The number of amides is 1. The Bertz CT molecular complexity index is 402. The van der Waals surface area contributed by atoms with Crippen molar-refractivity contribution in [1.29, 1.82) is 0 Å². The Morgan fingerprint density at radius 2 is 2.12 bits per heavy atom. The van der Waals surface area contributed by atoms with Gasteiger partial charge in [0, 0.05) is 6.54 Å². The second-order valence-electron chi connectivity index (χ2n) is 4.60. The molecule has 1 rings (SSSR count). The van der Waals surface area contributed by atoms with Crippen molar-refractivity contribution in [3.05, 3.63) is 23.8 Å². The molecular weight excluding hydrogens is 216 g/mol. The number of carbonyl (C=O) groups is 1. The van der Waals surface area contributed by atoms with E-state index in [-0.39, 0.29) is 23.5 Å². The molecule has 1 atom stereocenters. The van der Waals surface area contributed by atoms with Crippen LogP contribution in [0.2, 0.25) is 0 Å². The van der Waals surface area contributed by atoms with Crippen LogP contribution in [0.15, 0.2) is 18.2 Å². The van der Waals surface area contributed by atoms with Crippen LogP contribution in [-0.2, 0) is 4.79 Å². The van der Waals surface area contributed by atoms with Gasteiger partial charge < -0.3 is 16.2 Å². The smallest absolute Gasteiger partial charge is 0.229 e. The fourth-order valence-corrected chi connectivity index (χ4v) is 1.66. The average molecular weight is 236 g/mol. The SMILES string of the molecule is Cc1ccc(O)c(NC(=O)C(CN)C(C)C)c1. The molecule has 0 radical (unpaired) electrons. The molecule has 4 nitrogen and oxygen atoms in total. The largest absolute Gasteiger partial charge is 0.506 e. The van der Waals surface area contributed by atoms with Crippen molar-refractivity contribution in [2.45, 2.75) is 20.8 Å². The van der Waals surface area contributed by atoms with Gasteiger partial charge in [0.2, 0.25) is 5.91 Å². The number of hydrogen-bond acceptors (Lipinski definition) is 3. The van der Waals surface area contributed by atoms with Crippen LogP contribution in [-0.4, -0.2) is 17.6 Å². The van der Waals surface area contributed by atoms with Crippen LogP contribution < -0.4 is 11.1 Å². The highest BCUT2D eigenvalue weighted by Gasteiger charge is 2.21. The maximum absolute atomic E-state index is 11.9. The molecule has 0 fully saturated rings. The lowest BCUT2D eigenvalue weighted by molar-refractivity contribution is -0.120. The molecule has 94 valence electrons. The first-order valence-corrected chi connectivity index (χ1v) is 5.76. The van der Waals surface area contributed by atoms with E-state index in [0.29, 0.717) is 12.2 Å². The second kappa shape index (κ2) is 5.68. The van der Waals surface area contributed by atoms with Crippen LogP contribution in [0.5, 0.6) is 5.75 Å². The molecule has 0 bridgehead atoms. The zero-order valence-corrected chi connectivity index (χ0v) is 10.5. The first-order valence-electron chi connectivity index (χ1n) is 5.76. The second-order valence-corrected chi connectivity index (χ2v) is 4.60. The lowest BCUT2D eigenvalue weighted by Crippen LogP contribution is -2.33. The van der Waals surface area contributed by atoms with Gasteiger partial charge in [-0.25, -0.2) is 0 Å². The van der Waals surface area contributed by atoms with Gasteiger partial charge >= 0.3 is 0 Å². The Kier molecular flexibility index (Phi) is 4.52. The number of nitrogens with one attached hydrogen (secondary N) is 1. The predicted octanol–water partition coefficient (Wildman–Crippen LogP) is 1.87. The summed E-state index contributed by atoms with van der Waals surface area (Å²) in [5.41, 5.74) is 6.99. The van der Waals surface area contributed by atoms with E-state index >= 15 is 0 Å². The third-order valence-electron chi connectivity index (χ3n) is 2.81. The average Bonchev–Trinajstić information content (AvgIpc) is 2.24. The topological polar surface area (TPSA) is 75.3 Å². The molecule has 0 spiro atoms. The molecule has 0 aliphatic carbocycles. The van der Waals surface area contributed by atoms with Gasteiger partial charge in [0.25, 0.3) is 0 Å². The minimum absolute atomic E-state index is 0.0727. The zero-order valence-electron chi connectivity index (χ0n) is 10.5. The summed E-state index contributed by atoms with van der Waals surface area (Å²) in [5, 5.41) is 12.3.